The molecule has 3 nitrogen and oxygen atoms in total. The van der Waals surface area contributed by atoms with Gasteiger partial charge in [-0.3, -0.25) is 4.85 Å². The third-order valence-corrected chi connectivity index (χ3v) is 5.83. The van der Waals surface area contributed by atoms with Crippen LogP contribution in [0.3, 0.4) is 0 Å². The van der Waals surface area contributed by atoms with Crippen LogP contribution in [0.5, 0.6) is 0 Å². The Morgan fingerprint density at radius 2 is 1.76 bits per heavy atom. The quantitative estimate of drug-likeness (QED) is 0.617. The van der Waals surface area contributed by atoms with Gasteiger partial charge < -0.3 is 0 Å². The normalized spacial score (nSPS) is 20.5. The van der Waals surface area contributed by atoms with E-state index in [9.17, 15) is 8.42 Å². The standard InChI is InChI=1S/C17H21NO2S/c1-14-10-12-16(13-11-14)21(19,20)17(18-2)15-8-6-4-3-5-7-9-15/h8,10-13,17H,3-7,9H2,1H3/b15-8+. The number of allylic oxidation sites excluding steroid dienone is 1. The van der Waals surface area contributed by atoms with Crippen molar-refractivity contribution in [2.45, 2.75) is 55.7 Å². The van der Waals surface area contributed by atoms with Crippen LogP contribution < -0.4 is 0 Å². The fourth-order valence-corrected chi connectivity index (χ4v) is 4.17. The van der Waals surface area contributed by atoms with Crippen LogP contribution in [0.25, 0.3) is 4.85 Å². The second kappa shape index (κ2) is 6.91. The summed E-state index contributed by atoms with van der Waals surface area (Å²) in [5.74, 6) is 0. The second-order valence-corrected chi connectivity index (χ2v) is 7.58. The fraction of sp³-hybridized carbons (Fsp3) is 0.471. The minimum Gasteiger partial charge on any atom is -0.291 e. The Morgan fingerprint density at radius 3 is 2.43 bits per heavy atom. The summed E-state index contributed by atoms with van der Waals surface area (Å²) in [5.41, 5.74) is 1.80. The van der Waals surface area contributed by atoms with Gasteiger partial charge in [0.15, 0.2) is 0 Å². The van der Waals surface area contributed by atoms with E-state index in [2.05, 4.69) is 4.85 Å². The summed E-state index contributed by atoms with van der Waals surface area (Å²) in [7, 11) is -3.62. The highest BCUT2D eigenvalue weighted by Gasteiger charge is 2.35. The molecule has 1 aliphatic carbocycles. The van der Waals surface area contributed by atoms with Gasteiger partial charge in [0.25, 0.3) is 9.84 Å². The lowest BCUT2D eigenvalue weighted by Gasteiger charge is -2.14. The zero-order valence-corrected chi connectivity index (χ0v) is 13.2. The molecule has 0 saturated heterocycles. The van der Waals surface area contributed by atoms with E-state index in [4.69, 9.17) is 6.57 Å². The van der Waals surface area contributed by atoms with E-state index >= 15 is 0 Å². The highest BCUT2D eigenvalue weighted by atomic mass is 32.2. The smallest absolute Gasteiger partial charge is 0.291 e. The van der Waals surface area contributed by atoms with Crippen molar-refractivity contribution < 1.29 is 8.42 Å². The summed E-state index contributed by atoms with van der Waals surface area (Å²) >= 11 is 0. The third kappa shape index (κ3) is 3.74. The maximum absolute atomic E-state index is 12.7. The lowest BCUT2D eigenvalue weighted by molar-refractivity contribution is 0.584. The van der Waals surface area contributed by atoms with Gasteiger partial charge in [0.1, 0.15) is 0 Å². The van der Waals surface area contributed by atoms with Crippen molar-refractivity contribution in [1.82, 2.24) is 0 Å². The molecule has 1 aromatic carbocycles. The summed E-state index contributed by atoms with van der Waals surface area (Å²) in [5, 5.41) is -1.06. The Balaban J connectivity index is 2.35. The van der Waals surface area contributed by atoms with Gasteiger partial charge in [-0.25, -0.2) is 15.0 Å². The Labute approximate surface area is 127 Å². The Morgan fingerprint density at radius 1 is 1.10 bits per heavy atom. The van der Waals surface area contributed by atoms with Gasteiger partial charge in [-0.1, -0.05) is 36.6 Å². The Hall–Kier alpha value is -1.60. The van der Waals surface area contributed by atoms with Gasteiger partial charge >= 0.3 is 5.37 Å². The summed E-state index contributed by atoms with van der Waals surface area (Å²) < 4.78 is 25.4. The molecule has 0 aliphatic heterocycles. The molecule has 0 amide bonds. The van der Waals surface area contributed by atoms with Gasteiger partial charge in [0.05, 0.1) is 4.90 Å². The molecule has 0 spiro atoms. The van der Waals surface area contributed by atoms with Crippen molar-refractivity contribution in [3.05, 3.63) is 52.9 Å². The van der Waals surface area contributed by atoms with Gasteiger partial charge in [0, 0.05) is 5.57 Å². The van der Waals surface area contributed by atoms with E-state index < -0.39 is 15.2 Å². The van der Waals surface area contributed by atoms with Crippen molar-refractivity contribution in [2.24, 2.45) is 0 Å². The van der Waals surface area contributed by atoms with Gasteiger partial charge in [-0.2, -0.15) is 0 Å². The number of nitrogens with zero attached hydrogens (tertiary/aromatic N) is 1. The van der Waals surface area contributed by atoms with Crippen molar-refractivity contribution in [1.29, 1.82) is 0 Å². The third-order valence-electron chi connectivity index (χ3n) is 3.90. The maximum Gasteiger partial charge on any atom is 0.346 e. The molecule has 0 N–H and O–H groups in total. The molecule has 4 heteroatoms. The first-order chi connectivity index (χ1) is 10.1. The molecule has 0 aromatic heterocycles. The van der Waals surface area contributed by atoms with Crippen LogP contribution in [0.2, 0.25) is 0 Å². The predicted molar refractivity (Wildman–Crippen MR) is 84.5 cm³/mol. The minimum absolute atomic E-state index is 0.247. The molecule has 1 aliphatic rings. The lowest BCUT2D eigenvalue weighted by Crippen LogP contribution is -2.21. The zero-order valence-electron chi connectivity index (χ0n) is 12.4. The highest BCUT2D eigenvalue weighted by molar-refractivity contribution is 7.92. The van der Waals surface area contributed by atoms with E-state index in [1.54, 1.807) is 24.3 Å². The number of aryl methyl sites for hydroxylation is 1. The second-order valence-electron chi connectivity index (χ2n) is 5.57. The number of hydrogen-bond acceptors (Lipinski definition) is 2. The molecule has 112 valence electrons. The fourth-order valence-electron chi connectivity index (χ4n) is 2.65. The summed E-state index contributed by atoms with van der Waals surface area (Å²) in [4.78, 5) is 3.70. The van der Waals surface area contributed by atoms with Crippen LogP contribution >= 0.6 is 0 Å². The van der Waals surface area contributed by atoms with Crippen molar-refractivity contribution in [3.63, 3.8) is 0 Å². The van der Waals surface area contributed by atoms with E-state index in [-0.39, 0.29) is 4.90 Å². The molecular weight excluding hydrogens is 282 g/mol. The predicted octanol–water partition coefficient (Wildman–Crippen LogP) is 4.29. The highest BCUT2D eigenvalue weighted by Crippen LogP contribution is 2.28. The Bertz CT molecular complexity index is 651. The number of benzene rings is 1. The lowest BCUT2D eigenvalue weighted by atomic mass is 10.00. The van der Waals surface area contributed by atoms with Gasteiger partial charge in [-0.15, -0.1) is 0 Å². The van der Waals surface area contributed by atoms with Gasteiger partial charge in [-0.05, 0) is 44.7 Å². The van der Waals surface area contributed by atoms with Crippen molar-refractivity contribution >= 4 is 9.84 Å². The topological polar surface area (TPSA) is 38.5 Å². The van der Waals surface area contributed by atoms with Crippen LogP contribution in [0.15, 0.2) is 40.8 Å². The first kappa shape index (κ1) is 15.8. The monoisotopic (exact) mass is 303 g/mol. The van der Waals surface area contributed by atoms with E-state index in [0.717, 1.165) is 43.2 Å². The van der Waals surface area contributed by atoms with Crippen LogP contribution in [0.1, 0.15) is 44.1 Å². The van der Waals surface area contributed by atoms with Crippen molar-refractivity contribution in [2.75, 3.05) is 0 Å². The summed E-state index contributed by atoms with van der Waals surface area (Å²) in [6.45, 7) is 9.29. The minimum atomic E-state index is -3.62. The van der Waals surface area contributed by atoms with Crippen LogP contribution in [0.4, 0.5) is 0 Å². The van der Waals surface area contributed by atoms with Crippen LogP contribution in [0, 0.1) is 13.5 Å². The molecule has 21 heavy (non-hydrogen) atoms. The summed E-state index contributed by atoms with van der Waals surface area (Å²) in [6, 6.07) is 6.76. The maximum atomic E-state index is 12.7. The van der Waals surface area contributed by atoms with E-state index in [1.165, 1.54) is 6.42 Å². The van der Waals surface area contributed by atoms with Crippen LogP contribution in [-0.2, 0) is 9.84 Å². The molecule has 0 bridgehead atoms. The first-order valence-corrected chi connectivity index (χ1v) is 8.96. The average molecular weight is 303 g/mol. The zero-order chi connectivity index (χ0) is 15.3. The van der Waals surface area contributed by atoms with E-state index in [0.29, 0.717) is 0 Å². The van der Waals surface area contributed by atoms with Crippen LogP contribution in [-0.4, -0.2) is 13.8 Å². The molecule has 0 heterocycles. The molecule has 1 atom stereocenters. The largest absolute Gasteiger partial charge is 0.346 e. The Kier molecular flexibility index (Phi) is 5.19. The van der Waals surface area contributed by atoms with Gasteiger partial charge in [0.2, 0.25) is 0 Å². The number of hydrogen-bond donors (Lipinski definition) is 0. The molecule has 1 aromatic rings. The molecule has 0 fully saturated rings. The molecule has 2 rings (SSSR count). The first-order valence-electron chi connectivity index (χ1n) is 7.42. The molecule has 1 unspecified atom stereocenters. The number of sulfone groups is 1. The summed E-state index contributed by atoms with van der Waals surface area (Å²) in [6.07, 6.45) is 7.94. The molecule has 0 radical (unpaired) electrons. The van der Waals surface area contributed by atoms with E-state index in [1.807, 2.05) is 13.0 Å². The molecular formula is C17H21NO2S. The average Bonchev–Trinajstić information content (AvgIpc) is 2.42. The molecule has 0 saturated carbocycles. The number of rotatable bonds is 3. The SMILES string of the molecule is [C-]#[N+]C(/C1=C/CCCCCC1)S(=O)(=O)c1ccc(C)cc1. The van der Waals surface area contributed by atoms with Crippen molar-refractivity contribution in [3.8, 4) is 0 Å².